The Labute approximate surface area is 116 Å². The van der Waals surface area contributed by atoms with Crippen molar-refractivity contribution in [2.75, 3.05) is 5.32 Å². The van der Waals surface area contributed by atoms with Crippen LogP contribution in [-0.4, -0.2) is 16.1 Å². The maximum Gasteiger partial charge on any atom is 0.416 e. The molecule has 0 aliphatic carbocycles. The van der Waals surface area contributed by atoms with Crippen LogP contribution in [0.4, 0.5) is 28.9 Å². The number of alkyl halides is 3. The first kappa shape index (κ1) is 14.8. The zero-order chi connectivity index (χ0) is 15.6. The topological polar surface area (TPSA) is 62.2 Å². The monoisotopic (exact) mass is 300 g/mol. The number of benzene rings is 1. The van der Waals surface area contributed by atoms with Crippen molar-refractivity contribution in [3.8, 4) is 0 Å². The smallest absolute Gasteiger partial charge is 0.416 e. The standard InChI is InChI=1S/C13H8F4N2O2/c14-9-2-1-7(13(15,16)17)5-10(9)19-11-6-18-4-3-8(11)12(20)21/h1-6,19H,(H,20,21). The number of anilines is 2. The van der Waals surface area contributed by atoms with E-state index in [0.29, 0.717) is 18.2 Å². The number of nitrogens with one attached hydrogen (secondary N) is 1. The Hall–Kier alpha value is -2.64. The van der Waals surface area contributed by atoms with Crippen LogP contribution in [0, 0.1) is 5.82 Å². The Bertz CT molecular complexity index is 686. The van der Waals surface area contributed by atoms with E-state index < -0.39 is 29.2 Å². The van der Waals surface area contributed by atoms with Gasteiger partial charge in [0.2, 0.25) is 0 Å². The van der Waals surface area contributed by atoms with E-state index in [1.807, 2.05) is 0 Å². The molecule has 1 aromatic heterocycles. The minimum atomic E-state index is -4.63. The van der Waals surface area contributed by atoms with E-state index in [4.69, 9.17) is 5.11 Å². The fourth-order valence-corrected chi connectivity index (χ4v) is 1.62. The van der Waals surface area contributed by atoms with E-state index in [2.05, 4.69) is 10.3 Å². The highest BCUT2D eigenvalue weighted by molar-refractivity contribution is 5.94. The van der Waals surface area contributed by atoms with Gasteiger partial charge in [0.25, 0.3) is 0 Å². The third-order valence-electron chi connectivity index (χ3n) is 2.61. The van der Waals surface area contributed by atoms with Crippen molar-refractivity contribution >= 4 is 17.3 Å². The molecule has 2 aromatic rings. The first-order chi connectivity index (χ1) is 9.79. The Morgan fingerprint density at radius 2 is 1.90 bits per heavy atom. The molecule has 0 aliphatic rings. The molecular weight excluding hydrogens is 292 g/mol. The number of halogens is 4. The van der Waals surface area contributed by atoms with Gasteiger partial charge in [0.15, 0.2) is 0 Å². The number of rotatable bonds is 3. The highest BCUT2D eigenvalue weighted by atomic mass is 19.4. The fraction of sp³-hybridized carbons (Fsp3) is 0.0769. The van der Waals surface area contributed by atoms with Crippen LogP contribution in [0.3, 0.4) is 0 Å². The molecule has 4 nitrogen and oxygen atoms in total. The predicted molar refractivity (Wildman–Crippen MR) is 65.9 cm³/mol. The molecule has 0 bridgehead atoms. The average Bonchev–Trinajstić information content (AvgIpc) is 2.40. The lowest BCUT2D eigenvalue weighted by Crippen LogP contribution is -2.08. The predicted octanol–water partition coefficient (Wildman–Crippen LogP) is 3.68. The van der Waals surface area contributed by atoms with Crippen molar-refractivity contribution < 1.29 is 27.5 Å². The van der Waals surface area contributed by atoms with E-state index in [9.17, 15) is 22.4 Å². The van der Waals surface area contributed by atoms with E-state index >= 15 is 0 Å². The number of carboxylic acid groups (broad SMARTS) is 1. The van der Waals surface area contributed by atoms with Crippen molar-refractivity contribution in [2.24, 2.45) is 0 Å². The third-order valence-corrected chi connectivity index (χ3v) is 2.61. The summed E-state index contributed by atoms with van der Waals surface area (Å²) in [6, 6.07) is 2.97. The van der Waals surface area contributed by atoms with Crippen LogP contribution in [0.5, 0.6) is 0 Å². The number of carboxylic acids is 1. The maximum absolute atomic E-state index is 13.6. The zero-order valence-corrected chi connectivity index (χ0v) is 10.3. The molecule has 2 N–H and O–H groups in total. The van der Waals surface area contributed by atoms with Gasteiger partial charge in [0.1, 0.15) is 5.82 Å². The summed E-state index contributed by atoms with van der Waals surface area (Å²) in [5.74, 6) is -2.25. The van der Waals surface area contributed by atoms with Crippen LogP contribution in [0.15, 0.2) is 36.7 Å². The normalized spacial score (nSPS) is 11.2. The summed E-state index contributed by atoms with van der Waals surface area (Å²) in [4.78, 5) is 14.6. The molecule has 0 saturated carbocycles. The highest BCUT2D eigenvalue weighted by Gasteiger charge is 2.31. The Balaban J connectivity index is 2.43. The van der Waals surface area contributed by atoms with Crippen molar-refractivity contribution in [2.45, 2.75) is 6.18 Å². The molecule has 110 valence electrons. The highest BCUT2D eigenvalue weighted by Crippen LogP contribution is 2.33. The Morgan fingerprint density at radius 1 is 1.19 bits per heavy atom. The summed E-state index contributed by atoms with van der Waals surface area (Å²) in [6.45, 7) is 0. The molecule has 0 aliphatic heterocycles. The number of aromatic nitrogens is 1. The molecule has 0 saturated heterocycles. The van der Waals surface area contributed by atoms with Gasteiger partial charge in [-0.2, -0.15) is 13.2 Å². The van der Waals surface area contributed by atoms with E-state index in [0.717, 1.165) is 12.3 Å². The second kappa shape index (κ2) is 5.39. The molecule has 1 heterocycles. The van der Waals surface area contributed by atoms with Gasteiger partial charge in [-0.3, -0.25) is 4.98 Å². The summed E-state index contributed by atoms with van der Waals surface area (Å²) < 4.78 is 51.3. The molecule has 0 amide bonds. The maximum atomic E-state index is 13.6. The van der Waals surface area contributed by atoms with Crippen LogP contribution < -0.4 is 5.32 Å². The van der Waals surface area contributed by atoms with Gasteiger partial charge in [-0.05, 0) is 24.3 Å². The van der Waals surface area contributed by atoms with Crippen molar-refractivity contribution in [1.82, 2.24) is 4.98 Å². The zero-order valence-electron chi connectivity index (χ0n) is 10.3. The summed E-state index contributed by atoms with van der Waals surface area (Å²) in [7, 11) is 0. The fourth-order valence-electron chi connectivity index (χ4n) is 1.62. The lowest BCUT2D eigenvalue weighted by Gasteiger charge is -2.12. The van der Waals surface area contributed by atoms with Gasteiger partial charge < -0.3 is 10.4 Å². The van der Waals surface area contributed by atoms with Crippen LogP contribution in [0.1, 0.15) is 15.9 Å². The molecule has 0 fully saturated rings. The molecule has 0 unspecified atom stereocenters. The lowest BCUT2D eigenvalue weighted by molar-refractivity contribution is -0.137. The van der Waals surface area contributed by atoms with Crippen LogP contribution >= 0.6 is 0 Å². The summed E-state index contributed by atoms with van der Waals surface area (Å²) in [5.41, 5.74) is -1.88. The van der Waals surface area contributed by atoms with Crippen LogP contribution in [-0.2, 0) is 6.18 Å². The van der Waals surface area contributed by atoms with Gasteiger partial charge in [0, 0.05) is 6.20 Å². The SMILES string of the molecule is O=C(O)c1ccncc1Nc1cc(C(F)(F)F)ccc1F. The summed E-state index contributed by atoms with van der Waals surface area (Å²) in [5, 5.41) is 11.3. The van der Waals surface area contributed by atoms with Gasteiger partial charge >= 0.3 is 12.1 Å². The molecule has 21 heavy (non-hydrogen) atoms. The quantitative estimate of drug-likeness (QED) is 0.849. The van der Waals surface area contributed by atoms with Crippen molar-refractivity contribution in [1.29, 1.82) is 0 Å². The largest absolute Gasteiger partial charge is 0.478 e. The molecular formula is C13H8F4N2O2. The second-order valence-corrected chi connectivity index (χ2v) is 4.04. The number of aromatic carboxylic acids is 1. The third kappa shape index (κ3) is 3.28. The molecule has 0 atom stereocenters. The van der Waals surface area contributed by atoms with Crippen molar-refractivity contribution in [3.05, 3.63) is 53.6 Å². The van der Waals surface area contributed by atoms with Crippen molar-refractivity contribution in [3.63, 3.8) is 0 Å². The Kier molecular flexibility index (Phi) is 3.79. The first-order valence-corrected chi connectivity index (χ1v) is 5.60. The van der Waals surface area contributed by atoms with Crippen LogP contribution in [0.2, 0.25) is 0 Å². The molecule has 2 rings (SSSR count). The number of pyridine rings is 1. The lowest BCUT2D eigenvalue weighted by atomic mass is 10.1. The minimum Gasteiger partial charge on any atom is -0.478 e. The number of carbonyl (C=O) groups is 1. The van der Waals surface area contributed by atoms with Gasteiger partial charge in [-0.15, -0.1) is 0 Å². The number of nitrogens with zero attached hydrogens (tertiary/aromatic N) is 1. The van der Waals surface area contributed by atoms with Gasteiger partial charge in [0.05, 0.1) is 28.7 Å². The molecule has 0 radical (unpaired) electrons. The van der Waals surface area contributed by atoms with E-state index in [1.54, 1.807) is 0 Å². The Morgan fingerprint density at radius 3 is 2.52 bits per heavy atom. The summed E-state index contributed by atoms with van der Waals surface area (Å²) in [6.07, 6.45) is -2.34. The molecule has 8 heteroatoms. The molecule has 1 aromatic carbocycles. The van der Waals surface area contributed by atoms with E-state index in [1.165, 1.54) is 6.20 Å². The summed E-state index contributed by atoms with van der Waals surface area (Å²) >= 11 is 0. The average molecular weight is 300 g/mol. The van der Waals surface area contributed by atoms with Crippen LogP contribution in [0.25, 0.3) is 0 Å². The minimum absolute atomic E-state index is 0.108. The van der Waals surface area contributed by atoms with Gasteiger partial charge in [-0.25, -0.2) is 9.18 Å². The number of hydrogen-bond donors (Lipinski definition) is 2. The number of hydrogen-bond acceptors (Lipinski definition) is 3. The molecule has 0 spiro atoms. The van der Waals surface area contributed by atoms with Gasteiger partial charge in [-0.1, -0.05) is 0 Å². The second-order valence-electron chi connectivity index (χ2n) is 4.04. The van der Waals surface area contributed by atoms with E-state index in [-0.39, 0.29) is 11.3 Å². The first-order valence-electron chi connectivity index (χ1n) is 5.60.